The summed E-state index contributed by atoms with van der Waals surface area (Å²) in [4.78, 5) is 65.2. The highest BCUT2D eigenvalue weighted by Gasteiger charge is 2.61. The van der Waals surface area contributed by atoms with Crippen LogP contribution in [0.5, 0.6) is 11.5 Å². The molecule has 1 aromatic carbocycles. The number of carbonyl (C=O) groups is 4. The van der Waals surface area contributed by atoms with E-state index in [2.05, 4.69) is 20.9 Å². The molecule has 7 rings (SSSR count). The number of aromatic nitrogens is 2. The number of thiazole rings is 1. The van der Waals surface area contributed by atoms with E-state index in [4.69, 9.17) is 19.2 Å². The van der Waals surface area contributed by atoms with Gasteiger partial charge in [0.15, 0.2) is 5.13 Å². The van der Waals surface area contributed by atoms with E-state index in [1.54, 1.807) is 32.4 Å². The summed E-state index contributed by atoms with van der Waals surface area (Å²) in [5.74, 6) is -1.37. The first kappa shape index (κ1) is 36.4. The molecule has 4 heterocycles. The Kier molecular flexibility index (Phi) is 10.7. The molecule has 0 radical (unpaired) electrons. The number of anilines is 1. The van der Waals surface area contributed by atoms with Crippen molar-refractivity contribution in [2.45, 2.75) is 100 Å². The Morgan fingerprint density at radius 1 is 1.04 bits per heavy atom. The van der Waals surface area contributed by atoms with Crippen LogP contribution in [0.1, 0.15) is 70.6 Å². The molecule has 2 aromatic heterocycles. The van der Waals surface area contributed by atoms with Crippen molar-refractivity contribution < 1.29 is 38.5 Å². The number of fused-ring (bicyclic) bond motifs is 3. The number of alkyl carbamates (subject to hydrolysis) is 1. The second-order valence-electron chi connectivity index (χ2n) is 14.3. The minimum atomic E-state index is -1.45. The molecule has 1 unspecified atom stereocenters. The van der Waals surface area contributed by atoms with E-state index in [9.17, 15) is 24.3 Å². The summed E-state index contributed by atoms with van der Waals surface area (Å²) in [5.41, 5.74) is 0.382. The monoisotopic (exact) mass is 746 g/mol. The van der Waals surface area contributed by atoms with E-state index >= 15 is 0 Å². The van der Waals surface area contributed by atoms with Gasteiger partial charge in [-0.25, -0.2) is 19.6 Å². The fourth-order valence-corrected chi connectivity index (χ4v) is 8.36. The van der Waals surface area contributed by atoms with Gasteiger partial charge in [-0.15, -0.1) is 11.3 Å². The summed E-state index contributed by atoms with van der Waals surface area (Å²) >= 11 is 1.44. The van der Waals surface area contributed by atoms with Crippen molar-refractivity contribution in [3.63, 3.8) is 0 Å². The van der Waals surface area contributed by atoms with Gasteiger partial charge in [-0.3, -0.25) is 9.59 Å². The number of allylic oxidation sites excluding steroid dienone is 1. The summed E-state index contributed by atoms with van der Waals surface area (Å²) in [7, 11) is 3.37. The van der Waals surface area contributed by atoms with Crippen LogP contribution < -0.4 is 25.4 Å². The number of benzene rings is 1. The van der Waals surface area contributed by atoms with Gasteiger partial charge in [0.05, 0.1) is 24.9 Å². The fraction of sp³-hybridized carbons (Fsp3) is 0.526. The van der Waals surface area contributed by atoms with Crippen molar-refractivity contribution >= 4 is 51.2 Å². The number of methoxy groups -OCH3 is 1. The molecule has 0 spiro atoms. The maximum absolute atomic E-state index is 14.5. The third-order valence-corrected chi connectivity index (χ3v) is 11.6. The fourth-order valence-electron chi connectivity index (χ4n) is 7.70. The Hall–Kier alpha value is -4.92. The molecule has 15 heteroatoms. The zero-order valence-electron chi connectivity index (χ0n) is 30.0. The summed E-state index contributed by atoms with van der Waals surface area (Å²) in [6, 6.07) is 5.27. The van der Waals surface area contributed by atoms with Crippen molar-refractivity contribution in [3.8, 4) is 22.9 Å². The van der Waals surface area contributed by atoms with Gasteiger partial charge in [0.2, 0.25) is 11.8 Å². The van der Waals surface area contributed by atoms with Crippen LogP contribution in [0.4, 0.5) is 9.93 Å². The molecule has 2 saturated carbocycles. The number of nitrogens with zero attached hydrogens (tertiary/aromatic N) is 3. The highest BCUT2D eigenvalue weighted by molar-refractivity contribution is 7.14. The molecule has 3 aromatic rings. The van der Waals surface area contributed by atoms with Crippen LogP contribution in [0, 0.1) is 5.92 Å². The van der Waals surface area contributed by atoms with E-state index < -0.39 is 47.6 Å². The molecule has 0 bridgehead atoms. The van der Waals surface area contributed by atoms with Gasteiger partial charge in [-0.1, -0.05) is 25.0 Å². The van der Waals surface area contributed by atoms with Gasteiger partial charge in [-0.2, -0.15) is 0 Å². The first-order valence-electron chi connectivity index (χ1n) is 18.5. The molecule has 14 nitrogen and oxygen atoms in total. The first-order valence-corrected chi connectivity index (χ1v) is 19.3. The van der Waals surface area contributed by atoms with Crippen LogP contribution in [0.15, 0.2) is 41.8 Å². The second-order valence-corrected chi connectivity index (χ2v) is 15.2. The number of carboxylic acids is 1. The van der Waals surface area contributed by atoms with Gasteiger partial charge in [0, 0.05) is 42.3 Å². The van der Waals surface area contributed by atoms with Crippen molar-refractivity contribution in [1.29, 1.82) is 0 Å². The van der Waals surface area contributed by atoms with E-state index in [1.807, 2.05) is 23.6 Å². The van der Waals surface area contributed by atoms with Crippen LogP contribution in [-0.4, -0.2) is 94.4 Å². The van der Waals surface area contributed by atoms with Crippen LogP contribution in [0.3, 0.4) is 0 Å². The molecule has 4 aliphatic rings. The Morgan fingerprint density at radius 2 is 1.85 bits per heavy atom. The number of hydrogen-bond donors (Lipinski definition) is 4. The minimum Gasteiger partial charge on any atom is -0.497 e. The maximum atomic E-state index is 14.5. The Labute approximate surface area is 311 Å². The second kappa shape index (κ2) is 15.6. The summed E-state index contributed by atoms with van der Waals surface area (Å²) in [6.07, 6.45) is 9.72. The van der Waals surface area contributed by atoms with Gasteiger partial charge in [-0.05, 0) is 63.5 Å². The number of pyridine rings is 1. The van der Waals surface area contributed by atoms with Crippen LogP contribution in [0.2, 0.25) is 0 Å². The standard InChI is InChI=1S/C38H46N6O8S/c1-39-36-41-30(21-53-36)29-18-32(26-15-14-24(50-2)16-28(26)40-29)51-25-17-31-33(45)43-38(35(47)48)19-22(38)10-6-4-3-5-7-13-27(34(46)44(31)20-25)42-37(49)52-23-11-8-9-12-23/h6,10,14-16,18,21-23,25,27,31H,3-5,7-9,11-13,17,19-20H2,1-2H3,(H,39,41)(H,42,49)(H,43,45)(H,47,48)/b10-6-/t22?,25-,27+,31+,38-/m1/s1. The normalized spacial score (nSPS) is 27.1. The molecule has 2 aliphatic heterocycles. The smallest absolute Gasteiger partial charge is 0.408 e. The summed E-state index contributed by atoms with van der Waals surface area (Å²) in [5, 5.41) is 22.2. The minimum absolute atomic E-state index is 0.0338. The van der Waals surface area contributed by atoms with Crippen molar-refractivity contribution in [2.24, 2.45) is 5.92 Å². The molecular weight excluding hydrogens is 701 g/mol. The third kappa shape index (κ3) is 7.90. The highest BCUT2D eigenvalue weighted by Crippen LogP contribution is 2.45. The topological polar surface area (TPSA) is 181 Å². The molecule has 3 amide bonds. The molecule has 53 heavy (non-hydrogen) atoms. The van der Waals surface area contributed by atoms with Crippen molar-refractivity contribution in [3.05, 3.63) is 41.8 Å². The van der Waals surface area contributed by atoms with E-state index in [-0.39, 0.29) is 31.4 Å². The number of rotatable bonds is 8. The van der Waals surface area contributed by atoms with Crippen molar-refractivity contribution in [2.75, 3.05) is 26.0 Å². The number of nitrogens with one attached hydrogen (secondary N) is 3. The van der Waals surface area contributed by atoms with Gasteiger partial charge in [0.25, 0.3) is 0 Å². The lowest BCUT2D eigenvalue weighted by Gasteiger charge is -2.29. The highest BCUT2D eigenvalue weighted by atomic mass is 32.1. The van der Waals surface area contributed by atoms with Crippen LogP contribution in [0.25, 0.3) is 22.3 Å². The lowest BCUT2D eigenvalue weighted by molar-refractivity contribution is -0.145. The zero-order valence-corrected chi connectivity index (χ0v) is 30.8. The Morgan fingerprint density at radius 3 is 2.60 bits per heavy atom. The predicted molar refractivity (Wildman–Crippen MR) is 198 cm³/mol. The van der Waals surface area contributed by atoms with Gasteiger partial charge >= 0.3 is 12.1 Å². The first-order chi connectivity index (χ1) is 25.7. The molecule has 5 atom stereocenters. The average molecular weight is 747 g/mol. The molecule has 1 saturated heterocycles. The Bertz CT molecular complexity index is 1890. The molecular formula is C38H46N6O8S. The SMILES string of the molecule is CNc1nc(-c2cc(O[C@@H]3C[C@H]4C(=O)N[C@]5(C(=O)O)CC5/C=C\CCCCC[C@H](NC(=O)OC5CCCC5)C(=O)N4C3)c3ccc(OC)cc3n2)cs1. The number of hydrogen-bond acceptors (Lipinski definition) is 11. The van der Waals surface area contributed by atoms with Gasteiger partial charge in [0.1, 0.15) is 47.0 Å². The van der Waals surface area contributed by atoms with Crippen molar-refractivity contribution in [1.82, 2.24) is 25.5 Å². The largest absolute Gasteiger partial charge is 0.497 e. The van der Waals surface area contributed by atoms with E-state index in [0.29, 0.717) is 46.6 Å². The number of carbonyl (C=O) groups excluding carboxylic acids is 3. The molecule has 3 fully saturated rings. The third-order valence-electron chi connectivity index (χ3n) is 10.7. The predicted octanol–water partition coefficient (Wildman–Crippen LogP) is 5.27. The quantitative estimate of drug-likeness (QED) is 0.221. The lowest BCUT2D eigenvalue weighted by atomic mass is 10.0. The Balaban J connectivity index is 1.20. The number of carboxylic acid groups (broad SMARTS) is 1. The van der Waals surface area contributed by atoms with Crippen LogP contribution >= 0.6 is 11.3 Å². The average Bonchev–Trinajstić information content (AvgIpc) is 3.60. The maximum Gasteiger partial charge on any atom is 0.408 e. The molecule has 2 aliphatic carbocycles. The van der Waals surface area contributed by atoms with E-state index in [0.717, 1.165) is 50.1 Å². The summed E-state index contributed by atoms with van der Waals surface area (Å²) in [6.45, 7) is 0.0338. The van der Waals surface area contributed by atoms with E-state index in [1.165, 1.54) is 16.2 Å². The number of ether oxygens (including phenoxy) is 3. The van der Waals surface area contributed by atoms with Gasteiger partial charge < -0.3 is 40.2 Å². The molecule has 282 valence electrons. The number of aliphatic carboxylic acids is 1. The zero-order chi connectivity index (χ0) is 37.1. The molecule has 4 N–H and O–H groups in total. The lowest BCUT2D eigenvalue weighted by Crippen LogP contribution is -2.56. The van der Waals surface area contributed by atoms with Crippen LogP contribution in [-0.2, 0) is 19.1 Å². The summed E-state index contributed by atoms with van der Waals surface area (Å²) < 4.78 is 17.8. The number of amides is 3.